The van der Waals surface area contributed by atoms with Gasteiger partial charge in [0.05, 0.1) is 13.2 Å². The zero-order chi connectivity index (χ0) is 25.6. The van der Waals surface area contributed by atoms with Crippen LogP contribution in [0.5, 0.6) is 0 Å². The van der Waals surface area contributed by atoms with E-state index in [1.807, 2.05) is 13.8 Å². The molecule has 36 heavy (non-hydrogen) atoms. The first-order valence-electron chi connectivity index (χ1n) is 13.7. The molecule has 4 nitrogen and oxygen atoms in total. The van der Waals surface area contributed by atoms with Crippen molar-refractivity contribution in [2.75, 3.05) is 13.2 Å². The monoisotopic (exact) mass is 490 g/mol. The van der Waals surface area contributed by atoms with Crippen molar-refractivity contribution < 1.29 is 19.1 Å². The maximum atomic E-state index is 11.4. The SMILES string of the molecule is CCOC(=O)C=C1CCC(c2ccccc2)CC1.CCOC(=O)CC1CCC(c2ccccc2)CC1. The van der Waals surface area contributed by atoms with E-state index >= 15 is 0 Å². The van der Waals surface area contributed by atoms with Crippen LogP contribution in [0.2, 0.25) is 0 Å². The van der Waals surface area contributed by atoms with E-state index in [1.54, 1.807) is 6.08 Å². The third kappa shape index (κ3) is 9.29. The highest BCUT2D eigenvalue weighted by Gasteiger charge is 2.24. The second-order valence-electron chi connectivity index (χ2n) is 9.88. The second-order valence-corrected chi connectivity index (χ2v) is 9.88. The summed E-state index contributed by atoms with van der Waals surface area (Å²) in [4.78, 5) is 22.8. The molecule has 0 amide bonds. The van der Waals surface area contributed by atoms with Crippen molar-refractivity contribution in [1.82, 2.24) is 0 Å². The van der Waals surface area contributed by atoms with Gasteiger partial charge in [-0.3, -0.25) is 4.79 Å². The molecule has 0 heterocycles. The van der Waals surface area contributed by atoms with Gasteiger partial charge in [0.2, 0.25) is 0 Å². The molecule has 0 radical (unpaired) electrons. The van der Waals surface area contributed by atoms with E-state index in [0.29, 0.717) is 37.4 Å². The first-order chi connectivity index (χ1) is 17.6. The molecule has 2 aliphatic rings. The third-order valence-electron chi connectivity index (χ3n) is 7.39. The summed E-state index contributed by atoms with van der Waals surface area (Å²) in [6, 6.07) is 21.4. The third-order valence-corrected chi connectivity index (χ3v) is 7.39. The molecular formula is C32H42O4. The van der Waals surface area contributed by atoms with Gasteiger partial charge in [-0.05, 0) is 94.1 Å². The molecule has 0 atom stereocenters. The van der Waals surface area contributed by atoms with Crippen LogP contribution < -0.4 is 0 Å². The molecule has 2 aliphatic carbocycles. The van der Waals surface area contributed by atoms with Gasteiger partial charge in [-0.1, -0.05) is 66.2 Å². The number of hydrogen-bond donors (Lipinski definition) is 0. The minimum atomic E-state index is -0.189. The molecule has 0 N–H and O–H groups in total. The van der Waals surface area contributed by atoms with Crippen LogP contribution in [0, 0.1) is 5.92 Å². The van der Waals surface area contributed by atoms with Crippen LogP contribution in [-0.4, -0.2) is 25.2 Å². The first-order valence-corrected chi connectivity index (χ1v) is 13.7. The van der Waals surface area contributed by atoms with Gasteiger partial charge in [-0.15, -0.1) is 0 Å². The Morgan fingerprint density at radius 2 is 1.22 bits per heavy atom. The van der Waals surface area contributed by atoms with Gasteiger partial charge in [-0.25, -0.2) is 4.79 Å². The molecule has 2 fully saturated rings. The number of carbonyl (C=O) groups is 2. The van der Waals surface area contributed by atoms with Gasteiger partial charge >= 0.3 is 11.9 Å². The van der Waals surface area contributed by atoms with Gasteiger partial charge in [-0.2, -0.15) is 0 Å². The van der Waals surface area contributed by atoms with Crippen LogP contribution in [0.3, 0.4) is 0 Å². The number of rotatable bonds is 7. The van der Waals surface area contributed by atoms with Crippen LogP contribution in [0.25, 0.3) is 0 Å². The predicted octanol–water partition coefficient (Wildman–Crippen LogP) is 7.75. The lowest BCUT2D eigenvalue weighted by Crippen LogP contribution is -2.17. The molecule has 0 aliphatic heterocycles. The Labute approximate surface area is 217 Å². The summed E-state index contributed by atoms with van der Waals surface area (Å²) in [7, 11) is 0. The zero-order valence-electron chi connectivity index (χ0n) is 22.0. The molecule has 0 bridgehead atoms. The maximum absolute atomic E-state index is 11.4. The van der Waals surface area contributed by atoms with Crippen LogP contribution in [0.1, 0.15) is 94.6 Å². The molecule has 0 saturated heterocycles. The fourth-order valence-corrected chi connectivity index (χ4v) is 5.42. The molecular weight excluding hydrogens is 448 g/mol. The topological polar surface area (TPSA) is 52.6 Å². The maximum Gasteiger partial charge on any atom is 0.330 e. The van der Waals surface area contributed by atoms with Gasteiger partial charge in [0.1, 0.15) is 0 Å². The number of carbonyl (C=O) groups excluding carboxylic acids is 2. The summed E-state index contributed by atoms with van der Waals surface area (Å²) in [5, 5.41) is 0. The van der Waals surface area contributed by atoms with Crippen molar-refractivity contribution in [3.8, 4) is 0 Å². The van der Waals surface area contributed by atoms with Gasteiger partial charge in [0, 0.05) is 12.5 Å². The lowest BCUT2D eigenvalue weighted by atomic mass is 9.77. The molecule has 2 aromatic rings. The van der Waals surface area contributed by atoms with E-state index in [9.17, 15) is 9.59 Å². The van der Waals surface area contributed by atoms with E-state index in [2.05, 4.69) is 60.7 Å². The first kappa shape index (κ1) is 27.7. The van der Waals surface area contributed by atoms with Crippen LogP contribution in [0.4, 0.5) is 0 Å². The average Bonchev–Trinajstić information content (AvgIpc) is 2.91. The molecule has 4 rings (SSSR count). The summed E-state index contributed by atoms with van der Waals surface area (Å²) in [5.41, 5.74) is 4.11. The van der Waals surface area contributed by atoms with E-state index < -0.39 is 0 Å². The number of benzene rings is 2. The summed E-state index contributed by atoms with van der Waals surface area (Å²) >= 11 is 0. The minimum Gasteiger partial charge on any atom is -0.466 e. The van der Waals surface area contributed by atoms with Crippen molar-refractivity contribution in [3.05, 3.63) is 83.4 Å². The Bertz CT molecular complexity index is 933. The van der Waals surface area contributed by atoms with Crippen molar-refractivity contribution >= 4 is 11.9 Å². The molecule has 2 aromatic carbocycles. The summed E-state index contributed by atoms with van der Waals surface area (Å²) < 4.78 is 9.96. The van der Waals surface area contributed by atoms with E-state index in [1.165, 1.54) is 29.5 Å². The Balaban J connectivity index is 0.000000201. The van der Waals surface area contributed by atoms with Crippen molar-refractivity contribution in [2.45, 2.75) is 83.5 Å². The number of ether oxygens (including phenoxy) is 2. The highest BCUT2D eigenvalue weighted by molar-refractivity contribution is 5.82. The smallest absolute Gasteiger partial charge is 0.330 e. The standard InChI is InChI=1S/C16H22O2.C16H20O2/c2*1-2-18-16(17)12-13-8-10-15(11-9-13)14-6-4-3-5-7-14/h3-7,13,15H,2,8-12H2,1H3;3-7,12,15H,2,8-11H2,1H3. The van der Waals surface area contributed by atoms with Crippen molar-refractivity contribution in [2.24, 2.45) is 5.92 Å². The zero-order valence-corrected chi connectivity index (χ0v) is 22.0. The van der Waals surface area contributed by atoms with Crippen LogP contribution in [-0.2, 0) is 19.1 Å². The van der Waals surface area contributed by atoms with Gasteiger partial charge in [0.15, 0.2) is 0 Å². The highest BCUT2D eigenvalue weighted by atomic mass is 16.5. The Kier molecular flexibility index (Phi) is 11.8. The van der Waals surface area contributed by atoms with Gasteiger partial charge < -0.3 is 9.47 Å². The molecule has 0 unspecified atom stereocenters. The molecule has 194 valence electrons. The summed E-state index contributed by atoms with van der Waals surface area (Å²) in [6.07, 6.45) is 11.3. The molecule has 0 spiro atoms. The Morgan fingerprint density at radius 1 is 0.722 bits per heavy atom. The normalized spacial score (nSPS) is 21.5. The average molecular weight is 491 g/mol. The molecule has 4 heteroatoms. The number of hydrogen-bond acceptors (Lipinski definition) is 4. The number of esters is 2. The summed E-state index contributed by atoms with van der Waals surface area (Å²) in [6.45, 7) is 4.65. The van der Waals surface area contributed by atoms with E-state index in [4.69, 9.17) is 9.47 Å². The quantitative estimate of drug-likeness (QED) is 0.294. The lowest BCUT2D eigenvalue weighted by Gasteiger charge is -2.28. The largest absolute Gasteiger partial charge is 0.466 e. The lowest BCUT2D eigenvalue weighted by molar-refractivity contribution is -0.144. The van der Waals surface area contributed by atoms with Crippen LogP contribution in [0.15, 0.2) is 72.3 Å². The van der Waals surface area contributed by atoms with Crippen LogP contribution >= 0.6 is 0 Å². The van der Waals surface area contributed by atoms with E-state index in [0.717, 1.165) is 38.5 Å². The predicted molar refractivity (Wildman–Crippen MR) is 145 cm³/mol. The fraction of sp³-hybridized carbons (Fsp3) is 0.500. The highest BCUT2D eigenvalue weighted by Crippen LogP contribution is 2.37. The molecule has 0 aromatic heterocycles. The van der Waals surface area contributed by atoms with E-state index in [-0.39, 0.29) is 11.9 Å². The minimum absolute atomic E-state index is 0.0272. The Morgan fingerprint density at radius 3 is 1.72 bits per heavy atom. The fourth-order valence-electron chi connectivity index (χ4n) is 5.42. The summed E-state index contributed by atoms with van der Waals surface area (Å²) in [5.74, 6) is 1.64. The number of allylic oxidation sites excluding steroid dienone is 1. The van der Waals surface area contributed by atoms with Crippen molar-refractivity contribution in [3.63, 3.8) is 0 Å². The Hall–Kier alpha value is -2.88. The second kappa shape index (κ2) is 15.3. The van der Waals surface area contributed by atoms with Crippen molar-refractivity contribution in [1.29, 1.82) is 0 Å². The molecule has 2 saturated carbocycles. The van der Waals surface area contributed by atoms with Gasteiger partial charge in [0.25, 0.3) is 0 Å².